The highest BCUT2D eigenvalue weighted by atomic mass is 32.2. The van der Waals surface area contributed by atoms with Gasteiger partial charge in [0.05, 0.1) is 17.5 Å². The Balaban J connectivity index is 1.41. The molecular weight excluding hydrogens is 376 g/mol. The maximum absolute atomic E-state index is 12.2. The van der Waals surface area contributed by atoms with E-state index in [0.29, 0.717) is 43.8 Å². The van der Waals surface area contributed by atoms with Gasteiger partial charge in [-0.05, 0) is 49.6 Å². The molecule has 150 valence electrons. The lowest BCUT2D eigenvalue weighted by Crippen LogP contribution is -2.26. The normalized spacial score (nSPS) is 16.7. The van der Waals surface area contributed by atoms with Gasteiger partial charge >= 0.3 is 0 Å². The molecule has 1 unspecified atom stereocenters. The van der Waals surface area contributed by atoms with Crippen molar-refractivity contribution >= 4 is 21.6 Å². The summed E-state index contributed by atoms with van der Waals surface area (Å²) in [5, 5.41) is 2.87. The molecule has 0 aromatic heterocycles. The van der Waals surface area contributed by atoms with Crippen LogP contribution in [0.2, 0.25) is 0 Å². The lowest BCUT2D eigenvalue weighted by molar-refractivity contribution is 0.0635. The van der Waals surface area contributed by atoms with E-state index in [2.05, 4.69) is 5.32 Å². The molecule has 1 atom stereocenters. The summed E-state index contributed by atoms with van der Waals surface area (Å²) in [5.41, 5.74) is 2.25. The molecule has 0 spiro atoms. The molecule has 1 fully saturated rings. The summed E-state index contributed by atoms with van der Waals surface area (Å²) in [5.74, 6) is 0.00662. The third kappa shape index (κ3) is 5.11. The van der Waals surface area contributed by atoms with Gasteiger partial charge in [-0.15, -0.1) is 0 Å². The second-order valence-corrected chi connectivity index (χ2v) is 8.83. The number of amides is 1. The van der Waals surface area contributed by atoms with Crippen LogP contribution in [0.4, 0.5) is 5.69 Å². The van der Waals surface area contributed by atoms with E-state index in [4.69, 9.17) is 4.74 Å². The highest BCUT2D eigenvalue weighted by Crippen LogP contribution is 2.24. The molecule has 1 N–H and O–H groups in total. The van der Waals surface area contributed by atoms with E-state index in [1.165, 1.54) is 4.31 Å². The van der Waals surface area contributed by atoms with Crippen molar-refractivity contribution in [1.82, 2.24) is 5.32 Å². The zero-order valence-electron chi connectivity index (χ0n) is 16.0. The Labute approximate surface area is 166 Å². The van der Waals surface area contributed by atoms with Crippen LogP contribution >= 0.6 is 0 Å². The number of ether oxygens (including phenoxy) is 1. The van der Waals surface area contributed by atoms with E-state index in [0.717, 1.165) is 5.56 Å². The van der Waals surface area contributed by atoms with Crippen molar-refractivity contribution in [3.8, 4) is 0 Å². The fraction of sp³-hybridized carbons (Fsp3) is 0.381. The molecule has 1 aliphatic rings. The Bertz CT molecular complexity index is 882. The molecule has 1 aliphatic heterocycles. The number of nitrogens with one attached hydrogen (secondary N) is 1. The number of hydrogen-bond acceptors (Lipinski definition) is 4. The second-order valence-electron chi connectivity index (χ2n) is 6.82. The molecule has 7 heteroatoms. The first kappa shape index (κ1) is 20.4. The molecule has 1 saturated heterocycles. The Morgan fingerprint density at radius 2 is 1.86 bits per heavy atom. The van der Waals surface area contributed by atoms with Gasteiger partial charge < -0.3 is 10.1 Å². The Morgan fingerprint density at radius 1 is 1.14 bits per heavy atom. The van der Waals surface area contributed by atoms with Crippen molar-refractivity contribution in [3.63, 3.8) is 0 Å². The molecule has 3 rings (SSSR count). The van der Waals surface area contributed by atoms with Gasteiger partial charge in [0.15, 0.2) is 0 Å². The summed E-state index contributed by atoms with van der Waals surface area (Å²) in [6.07, 6.45) is 1.37. The van der Waals surface area contributed by atoms with E-state index >= 15 is 0 Å². The molecule has 0 radical (unpaired) electrons. The number of carbonyl (C=O) groups is 1. The van der Waals surface area contributed by atoms with E-state index in [1.54, 1.807) is 24.3 Å². The van der Waals surface area contributed by atoms with Gasteiger partial charge in [0.25, 0.3) is 5.91 Å². The minimum atomic E-state index is -3.20. The van der Waals surface area contributed by atoms with Crippen LogP contribution in [0.25, 0.3) is 0 Å². The average molecular weight is 403 g/mol. The summed E-state index contributed by atoms with van der Waals surface area (Å²) in [4.78, 5) is 12.2. The van der Waals surface area contributed by atoms with E-state index < -0.39 is 10.0 Å². The maximum Gasteiger partial charge on any atom is 0.251 e. The van der Waals surface area contributed by atoms with E-state index in [9.17, 15) is 13.2 Å². The predicted molar refractivity (Wildman–Crippen MR) is 110 cm³/mol. The van der Waals surface area contributed by atoms with Crippen molar-refractivity contribution in [1.29, 1.82) is 0 Å². The molecule has 28 heavy (non-hydrogen) atoms. The van der Waals surface area contributed by atoms with Gasteiger partial charge in [0, 0.05) is 25.3 Å². The van der Waals surface area contributed by atoms with Crippen molar-refractivity contribution in [3.05, 3.63) is 65.7 Å². The number of rotatable bonds is 8. The van der Waals surface area contributed by atoms with Crippen LogP contribution < -0.4 is 9.62 Å². The van der Waals surface area contributed by atoms with Crippen LogP contribution in [0, 0.1) is 0 Å². The molecule has 2 aromatic carbocycles. The largest absolute Gasteiger partial charge is 0.374 e. The summed E-state index contributed by atoms with van der Waals surface area (Å²) in [6.45, 7) is 3.58. The number of nitrogens with zero attached hydrogens (tertiary/aromatic N) is 1. The number of carbonyl (C=O) groups excluding carboxylic acids is 1. The van der Waals surface area contributed by atoms with Gasteiger partial charge in [0.2, 0.25) is 10.0 Å². The third-order valence-electron chi connectivity index (χ3n) is 4.76. The molecule has 0 bridgehead atoms. The topological polar surface area (TPSA) is 75.7 Å². The van der Waals surface area contributed by atoms with Gasteiger partial charge in [0.1, 0.15) is 0 Å². The summed E-state index contributed by atoms with van der Waals surface area (Å²) < 4.78 is 31.1. The highest BCUT2D eigenvalue weighted by molar-refractivity contribution is 7.93. The molecule has 1 heterocycles. The van der Waals surface area contributed by atoms with Crippen LogP contribution in [-0.2, 0) is 14.8 Å². The Kier molecular flexibility index (Phi) is 6.70. The van der Waals surface area contributed by atoms with E-state index in [1.807, 2.05) is 37.3 Å². The van der Waals surface area contributed by atoms with Crippen LogP contribution in [0.1, 0.15) is 41.8 Å². The minimum absolute atomic E-state index is 0.0197. The van der Waals surface area contributed by atoms with Crippen LogP contribution in [-0.4, -0.2) is 39.8 Å². The first-order valence-corrected chi connectivity index (χ1v) is 11.1. The lowest BCUT2D eigenvalue weighted by atomic mass is 10.1. The SMILES string of the molecule is CC(OCCCNC(=O)c1ccc(N2CCCS2(=O)=O)cc1)c1ccccc1. The maximum atomic E-state index is 12.2. The van der Waals surface area contributed by atoms with Gasteiger partial charge in [-0.2, -0.15) is 0 Å². The van der Waals surface area contributed by atoms with Crippen molar-refractivity contribution < 1.29 is 17.9 Å². The van der Waals surface area contributed by atoms with Gasteiger partial charge in [-0.1, -0.05) is 30.3 Å². The summed E-state index contributed by atoms with van der Waals surface area (Å²) in [7, 11) is -3.20. The predicted octanol–water partition coefficient (Wildman–Crippen LogP) is 3.12. The molecule has 6 nitrogen and oxygen atoms in total. The summed E-state index contributed by atoms with van der Waals surface area (Å²) in [6, 6.07) is 16.7. The Morgan fingerprint density at radius 3 is 2.50 bits per heavy atom. The molecular formula is C21H26N2O4S. The van der Waals surface area contributed by atoms with Crippen molar-refractivity contribution in [2.75, 3.05) is 29.8 Å². The number of benzene rings is 2. The fourth-order valence-corrected chi connectivity index (χ4v) is 4.73. The number of sulfonamides is 1. The van der Waals surface area contributed by atoms with Gasteiger partial charge in [-0.3, -0.25) is 9.10 Å². The van der Waals surface area contributed by atoms with Crippen LogP contribution in [0.15, 0.2) is 54.6 Å². The van der Waals surface area contributed by atoms with E-state index in [-0.39, 0.29) is 17.8 Å². The average Bonchev–Trinajstić information content (AvgIpc) is 3.07. The first-order chi connectivity index (χ1) is 13.5. The summed E-state index contributed by atoms with van der Waals surface area (Å²) >= 11 is 0. The molecule has 1 amide bonds. The minimum Gasteiger partial charge on any atom is -0.374 e. The standard InChI is InChI=1S/C21H26N2O4S/c1-17(18-7-3-2-4-8-18)27-15-5-13-22-21(24)19-9-11-20(12-10-19)23-14-6-16-28(23,25)26/h2-4,7-12,17H,5-6,13-16H2,1H3,(H,22,24). The quantitative estimate of drug-likeness (QED) is 0.689. The zero-order chi connectivity index (χ0) is 20.0. The Hall–Kier alpha value is -2.38. The first-order valence-electron chi connectivity index (χ1n) is 9.52. The van der Waals surface area contributed by atoms with Crippen LogP contribution in [0.3, 0.4) is 0 Å². The van der Waals surface area contributed by atoms with Crippen LogP contribution in [0.5, 0.6) is 0 Å². The second kappa shape index (κ2) is 9.21. The zero-order valence-corrected chi connectivity index (χ0v) is 16.8. The molecule has 0 saturated carbocycles. The number of anilines is 1. The van der Waals surface area contributed by atoms with Gasteiger partial charge in [-0.25, -0.2) is 8.42 Å². The molecule has 2 aromatic rings. The number of hydrogen-bond donors (Lipinski definition) is 1. The fourth-order valence-electron chi connectivity index (χ4n) is 3.17. The highest BCUT2D eigenvalue weighted by Gasteiger charge is 2.28. The lowest BCUT2D eigenvalue weighted by Gasteiger charge is -2.17. The monoisotopic (exact) mass is 402 g/mol. The molecule has 0 aliphatic carbocycles. The smallest absolute Gasteiger partial charge is 0.251 e. The van der Waals surface area contributed by atoms with Crippen molar-refractivity contribution in [2.24, 2.45) is 0 Å². The van der Waals surface area contributed by atoms with Crippen molar-refractivity contribution in [2.45, 2.75) is 25.9 Å². The third-order valence-corrected chi connectivity index (χ3v) is 6.63.